The van der Waals surface area contributed by atoms with Gasteiger partial charge < -0.3 is 10.3 Å². The van der Waals surface area contributed by atoms with Crippen LogP contribution in [0.1, 0.15) is 0 Å². The fourth-order valence-corrected chi connectivity index (χ4v) is 1.23. The van der Waals surface area contributed by atoms with Crippen LogP contribution in [0.5, 0.6) is 0 Å². The Kier molecular flexibility index (Phi) is 1.60. The van der Waals surface area contributed by atoms with Gasteiger partial charge in [-0.05, 0) is 6.07 Å². The van der Waals surface area contributed by atoms with Gasteiger partial charge in [-0.3, -0.25) is 0 Å². The largest absolute Gasteiger partial charge is 0.383 e. The molecule has 0 aliphatic carbocycles. The summed E-state index contributed by atoms with van der Waals surface area (Å²) in [7, 11) is 0. The SMILES string of the molecule is N#CCn1ccc2c(N)ncnc21. The fourth-order valence-electron chi connectivity index (χ4n) is 1.23. The molecule has 2 N–H and O–H groups in total. The first-order valence-corrected chi connectivity index (χ1v) is 3.75. The molecule has 2 heterocycles. The van der Waals surface area contributed by atoms with Crippen molar-refractivity contribution < 1.29 is 0 Å². The predicted molar refractivity (Wildman–Crippen MR) is 47.6 cm³/mol. The molecule has 0 saturated carbocycles. The Labute approximate surface area is 74.4 Å². The highest BCUT2D eigenvalue weighted by Gasteiger charge is 2.04. The van der Waals surface area contributed by atoms with Crippen molar-refractivity contribution in [2.75, 3.05) is 5.73 Å². The van der Waals surface area contributed by atoms with Crippen molar-refractivity contribution >= 4 is 16.9 Å². The number of hydrogen-bond donors (Lipinski definition) is 1. The number of hydrogen-bond acceptors (Lipinski definition) is 4. The van der Waals surface area contributed by atoms with Crippen LogP contribution in [0.4, 0.5) is 5.82 Å². The topological polar surface area (TPSA) is 80.5 Å². The second-order valence-electron chi connectivity index (χ2n) is 2.60. The predicted octanol–water partition coefficient (Wildman–Crippen LogP) is 0.537. The number of aromatic nitrogens is 3. The summed E-state index contributed by atoms with van der Waals surface area (Å²) in [6.45, 7) is 0.278. The van der Waals surface area contributed by atoms with Gasteiger partial charge in [-0.1, -0.05) is 0 Å². The standard InChI is InChI=1S/C8H7N5/c9-2-4-13-3-1-6-7(10)11-5-12-8(6)13/h1,3,5H,4H2,(H2,10,11,12). The summed E-state index contributed by atoms with van der Waals surface area (Å²) in [6, 6.07) is 3.85. The molecule has 5 nitrogen and oxygen atoms in total. The van der Waals surface area contributed by atoms with Gasteiger partial charge >= 0.3 is 0 Å². The van der Waals surface area contributed by atoms with E-state index in [4.69, 9.17) is 11.0 Å². The van der Waals surface area contributed by atoms with E-state index < -0.39 is 0 Å². The molecule has 0 bridgehead atoms. The highest BCUT2D eigenvalue weighted by molar-refractivity contribution is 5.85. The lowest BCUT2D eigenvalue weighted by Gasteiger charge is -1.97. The molecule has 2 aromatic heterocycles. The van der Waals surface area contributed by atoms with Crippen LogP contribution >= 0.6 is 0 Å². The van der Waals surface area contributed by atoms with E-state index in [1.165, 1.54) is 6.33 Å². The minimum absolute atomic E-state index is 0.278. The maximum atomic E-state index is 8.52. The zero-order valence-corrected chi connectivity index (χ0v) is 6.81. The molecule has 5 heteroatoms. The molecular formula is C8H7N5. The van der Waals surface area contributed by atoms with E-state index >= 15 is 0 Å². The normalized spacial score (nSPS) is 10.1. The van der Waals surface area contributed by atoms with Crippen molar-refractivity contribution in [1.29, 1.82) is 5.26 Å². The van der Waals surface area contributed by atoms with Gasteiger partial charge in [0.2, 0.25) is 0 Å². The van der Waals surface area contributed by atoms with Crippen LogP contribution in [0.2, 0.25) is 0 Å². The molecule has 0 aliphatic rings. The van der Waals surface area contributed by atoms with Crippen LogP contribution in [0.15, 0.2) is 18.6 Å². The summed E-state index contributed by atoms with van der Waals surface area (Å²) < 4.78 is 1.73. The second-order valence-corrected chi connectivity index (χ2v) is 2.60. The zero-order chi connectivity index (χ0) is 9.26. The molecule has 0 aliphatic heterocycles. The summed E-state index contributed by atoms with van der Waals surface area (Å²) in [5, 5.41) is 9.31. The van der Waals surface area contributed by atoms with E-state index in [2.05, 4.69) is 9.97 Å². The third-order valence-corrected chi connectivity index (χ3v) is 1.83. The van der Waals surface area contributed by atoms with Gasteiger partial charge in [-0.25, -0.2) is 9.97 Å². The first kappa shape index (κ1) is 7.55. The van der Waals surface area contributed by atoms with Crippen molar-refractivity contribution in [1.82, 2.24) is 14.5 Å². The average Bonchev–Trinajstić information content (AvgIpc) is 2.51. The van der Waals surface area contributed by atoms with Crippen LogP contribution in [-0.4, -0.2) is 14.5 Å². The molecule has 13 heavy (non-hydrogen) atoms. The lowest BCUT2D eigenvalue weighted by Crippen LogP contribution is -1.97. The van der Waals surface area contributed by atoms with E-state index in [0.29, 0.717) is 11.5 Å². The minimum atomic E-state index is 0.278. The van der Waals surface area contributed by atoms with E-state index in [9.17, 15) is 0 Å². The van der Waals surface area contributed by atoms with Crippen molar-refractivity contribution in [2.45, 2.75) is 6.54 Å². The van der Waals surface area contributed by atoms with Gasteiger partial charge in [-0.15, -0.1) is 0 Å². The molecule has 0 aromatic carbocycles. The fraction of sp³-hybridized carbons (Fsp3) is 0.125. The summed E-state index contributed by atoms with van der Waals surface area (Å²) in [4.78, 5) is 7.89. The maximum Gasteiger partial charge on any atom is 0.146 e. The third kappa shape index (κ3) is 1.08. The molecule has 0 fully saturated rings. The van der Waals surface area contributed by atoms with E-state index in [0.717, 1.165) is 5.39 Å². The number of nitrogen functional groups attached to an aromatic ring is 1. The van der Waals surface area contributed by atoms with Crippen LogP contribution in [0.25, 0.3) is 11.0 Å². The van der Waals surface area contributed by atoms with Gasteiger partial charge in [0.05, 0.1) is 11.5 Å². The molecule has 0 radical (unpaired) electrons. The van der Waals surface area contributed by atoms with Crippen molar-refractivity contribution in [3.63, 3.8) is 0 Å². The number of rotatable bonds is 1. The monoisotopic (exact) mass is 173 g/mol. The maximum absolute atomic E-state index is 8.52. The molecule has 2 rings (SSSR count). The summed E-state index contributed by atoms with van der Waals surface area (Å²) >= 11 is 0. The molecule has 0 amide bonds. The van der Waals surface area contributed by atoms with Gasteiger partial charge in [0.15, 0.2) is 0 Å². The molecule has 0 spiro atoms. The molecule has 64 valence electrons. The Hall–Kier alpha value is -2.09. The van der Waals surface area contributed by atoms with Crippen LogP contribution in [-0.2, 0) is 6.54 Å². The third-order valence-electron chi connectivity index (χ3n) is 1.83. The zero-order valence-electron chi connectivity index (χ0n) is 6.81. The number of nitriles is 1. The molecular weight excluding hydrogens is 166 g/mol. The van der Waals surface area contributed by atoms with Gasteiger partial charge in [0.1, 0.15) is 24.3 Å². The first-order valence-electron chi connectivity index (χ1n) is 3.75. The highest BCUT2D eigenvalue weighted by atomic mass is 15.1. The first-order chi connectivity index (χ1) is 6.33. The van der Waals surface area contributed by atoms with Crippen LogP contribution in [0.3, 0.4) is 0 Å². The molecule has 0 unspecified atom stereocenters. The Morgan fingerprint density at radius 2 is 2.38 bits per heavy atom. The number of nitrogens with zero attached hydrogens (tertiary/aromatic N) is 4. The van der Waals surface area contributed by atoms with E-state index in [-0.39, 0.29) is 6.54 Å². The Morgan fingerprint density at radius 3 is 3.15 bits per heavy atom. The second kappa shape index (κ2) is 2.75. The summed E-state index contributed by atoms with van der Waals surface area (Å²) in [5.41, 5.74) is 6.32. The van der Waals surface area contributed by atoms with Crippen LogP contribution < -0.4 is 5.73 Å². The highest BCUT2D eigenvalue weighted by Crippen LogP contribution is 2.16. The smallest absolute Gasteiger partial charge is 0.146 e. The number of fused-ring (bicyclic) bond motifs is 1. The van der Waals surface area contributed by atoms with E-state index in [1.54, 1.807) is 10.8 Å². The minimum Gasteiger partial charge on any atom is -0.383 e. The quantitative estimate of drug-likeness (QED) is 0.682. The number of nitrogens with two attached hydrogens (primary N) is 1. The van der Waals surface area contributed by atoms with Crippen LogP contribution in [0, 0.1) is 11.3 Å². The Balaban J connectivity index is 2.70. The Bertz CT molecular complexity index is 479. The number of anilines is 1. The van der Waals surface area contributed by atoms with Crippen molar-refractivity contribution in [3.8, 4) is 6.07 Å². The average molecular weight is 173 g/mol. The summed E-state index contributed by atoms with van der Waals surface area (Å²) in [5.74, 6) is 0.446. The lowest BCUT2D eigenvalue weighted by molar-refractivity contribution is 0.858. The van der Waals surface area contributed by atoms with Gasteiger partial charge in [-0.2, -0.15) is 5.26 Å². The van der Waals surface area contributed by atoms with Crippen molar-refractivity contribution in [2.24, 2.45) is 0 Å². The van der Waals surface area contributed by atoms with Crippen molar-refractivity contribution in [3.05, 3.63) is 18.6 Å². The molecule has 0 atom stereocenters. The molecule has 0 saturated heterocycles. The lowest BCUT2D eigenvalue weighted by atomic mass is 10.4. The Morgan fingerprint density at radius 1 is 1.54 bits per heavy atom. The van der Waals surface area contributed by atoms with Gasteiger partial charge in [0.25, 0.3) is 0 Å². The van der Waals surface area contributed by atoms with Gasteiger partial charge in [0, 0.05) is 6.20 Å². The van der Waals surface area contributed by atoms with E-state index in [1.807, 2.05) is 12.1 Å². The summed E-state index contributed by atoms with van der Waals surface area (Å²) in [6.07, 6.45) is 3.17. The molecule has 2 aromatic rings.